The molecule has 1 atom stereocenters. The van der Waals surface area contributed by atoms with Crippen LogP contribution in [0.5, 0.6) is 0 Å². The van der Waals surface area contributed by atoms with Crippen molar-refractivity contribution in [1.82, 2.24) is 34.4 Å². The zero-order valence-corrected chi connectivity index (χ0v) is 19.7. The average Bonchev–Trinajstić information content (AvgIpc) is 3.57. The number of piperazine rings is 1. The maximum Gasteiger partial charge on any atom is 0.259 e. The number of nitrogens with two attached hydrogens (primary N) is 1. The highest BCUT2D eigenvalue weighted by Crippen LogP contribution is 2.23. The van der Waals surface area contributed by atoms with E-state index in [2.05, 4.69) is 37.2 Å². The zero-order valence-electron chi connectivity index (χ0n) is 19.7. The third kappa shape index (κ3) is 4.94. The highest BCUT2D eigenvalue weighted by Gasteiger charge is 2.29. The number of benzene rings is 1. The summed E-state index contributed by atoms with van der Waals surface area (Å²) in [6.07, 6.45) is 3.89. The number of anilines is 2. The van der Waals surface area contributed by atoms with E-state index in [1.54, 1.807) is 18.4 Å². The lowest BCUT2D eigenvalue weighted by Crippen LogP contribution is -2.51. The highest BCUT2D eigenvalue weighted by atomic mass is 16.3. The molecule has 11 nitrogen and oxygen atoms in total. The number of hydrogen-bond donors (Lipinski definition) is 2. The average molecular weight is 476 g/mol. The number of nitrogens with one attached hydrogen (secondary N) is 1. The summed E-state index contributed by atoms with van der Waals surface area (Å²) in [5.41, 5.74) is 6.97. The minimum absolute atomic E-state index is 0.0221. The van der Waals surface area contributed by atoms with Crippen molar-refractivity contribution in [2.45, 2.75) is 25.8 Å². The van der Waals surface area contributed by atoms with E-state index < -0.39 is 6.04 Å². The van der Waals surface area contributed by atoms with Gasteiger partial charge in [0.25, 0.3) is 5.78 Å². The molecule has 182 valence electrons. The second-order valence-electron chi connectivity index (χ2n) is 8.54. The number of furan rings is 1. The number of fused-ring (bicyclic) bond motifs is 1. The molecular weight excluding hydrogens is 446 g/mol. The van der Waals surface area contributed by atoms with Crippen LogP contribution in [0.2, 0.25) is 0 Å². The molecule has 11 heteroatoms. The Morgan fingerprint density at radius 1 is 1.09 bits per heavy atom. The summed E-state index contributed by atoms with van der Waals surface area (Å²) in [6, 6.07) is 12.4. The zero-order chi connectivity index (χ0) is 24.2. The second-order valence-corrected chi connectivity index (χ2v) is 8.54. The predicted octanol–water partition coefficient (Wildman–Crippen LogP) is 2.46. The van der Waals surface area contributed by atoms with Crippen LogP contribution in [0.1, 0.15) is 31.4 Å². The largest absolute Gasteiger partial charge is 0.461 e. The summed E-state index contributed by atoms with van der Waals surface area (Å²) in [7, 11) is 0. The Balaban J connectivity index is 1.39. The number of aromatic nitrogens is 5. The molecule has 1 amide bonds. The fourth-order valence-electron chi connectivity index (χ4n) is 4.20. The Labute approximate surface area is 203 Å². The fraction of sp³-hybridized carbons (Fsp3) is 0.375. The molecule has 1 saturated heterocycles. The summed E-state index contributed by atoms with van der Waals surface area (Å²) in [5, 5.41) is 7.53. The summed E-state index contributed by atoms with van der Waals surface area (Å²) < 4.78 is 6.72. The van der Waals surface area contributed by atoms with Crippen molar-refractivity contribution >= 4 is 23.6 Å². The van der Waals surface area contributed by atoms with Gasteiger partial charge in [-0.3, -0.25) is 9.69 Å². The molecule has 1 aliphatic heterocycles. The van der Waals surface area contributed by atoms with Crippen molar-refractivity contribution in [3.05, 3.63) is 54.3 Å². The monoisotopic (exact) mass is 475 g/mol. The maximum atomic E-state index is 13.6. The molecule has 4 aromatic rings. The van der Waals surface area contributed by atoms with Crippen LogP contribution in [0, 0.1) is 0 Å². The van der Waals surface area contributed by atoms with E-state index in [-0.39, 0.29) is 23.6 Å². The van der Waals surface area contributed by atoms with Gasteiger partial charge in [-0.2, -0.15) is 19.5 Å². The molecule has 3 N–H and O–H groups in total. The molecule has 35 heavy (non-hydrogen) atoms. The van der Waals surface area contributed by atoms with E-state index in [1.165, 1.54) is 17.4 Å². The molecule has 1 aliphatic rings. The maximum absolute atomic E-state index is 13.6. The molecule has 1 aromatic carbocycles. The lowest BCUT2D eigenvalue weighted by molar-refractivity contribution is -0.134. The molecule has 4 heterocycles. The Kier molecular flexibility index (Phi) is 6.57. The molecule has 0 bridgehead atoms. The molecule has 0 radical (unpaired) electrons. The van der Waals surface area contributed by atoms with Gasteiger partial charge in [-0.05, 0) is 30.7 Å². The van der Waals surface area contributed by atoms with Crippen LogP contribution in [-0.2, 0) is 4.79 Å². The second kappa shape index (κ2) is 10.1. The Hall–Kier alpha value is -3.99. The summed E-state index contributed by atoms with van der Waals surface area (Å²) in [4.78, 5) is 31.2. The van der Waals surface area contributed by atoms with Crippen molar-refractivity contribution in [3.63, 3.8) is 0 Å². The Morgan fingerprint density at radius 3 is 2.60 bits per heavy atom. The van der Waals surface area contributed by atoms with Crippen LogP contribution in [0.25, 0.3) is 17.4 Å². The third-order valence-electron chi connectivity index (χ3n) is 6.14. The highest BCUT2D eigenvalue weighted by molar-refractivity contribution is 5.86. The van der Waals surface area contributed by atoms with Gasteiger partial charge in [0, 0.05) is 26.2 Å². The number of nitrogens with zero attached hydrogens (tertiary/aromatic N) is 7. The van der Waals surface area contributed by atoms with E-state index >= 15 is 0 Å². The van der Waals surface area contributed by atoms with Crippen molar-refractivity contribution in [3.8, 4) is 11.6 Å². The van der Waals surface area contributed by atoms with E-state index in [9.17, 15) is 4.79 Å². The van der Waals surface area contributed by atoms with Gasteiger partial charge in [0.1, 0.15) is 6.04 Å². The van der Waals surface area contributed by atoms with Crippen LogP contribution in [0.15, 0.2) is 53.1 Å². The number of carbonyl (C=O) groups is 1. The van der Waals surface area contributed by atoms with Crippen LogP contribution >= 0.6 is 0 Å². The summed E-state index contributed by atoms with van der Waals surface area (Å²) >= 11 is 0. The third-order valence-corrected chi connectivity index (χ3v) is 6.14. The molecule has 3 aromatic heterocycles. The van der Waals surface area contributed by atoms with Gasteiger partial charge in [0.2, 0.25) is 23.6 Å². The molecule has 1 fully saturated rings. The summed E-state index contributed by atoms with van der Waals surface area (Å²) in [6.45, 7) is 6.39. The minimum atomic E-state index is -0.660. The number of rotatable bonds is 8. The first-order valence-electron chi connectivity index (χ1n) is 11.9. The van der Waals surface area contributed by atoms with Gasteiger partial charge in [-0.15, -0.1) is 5.10 Å². The van der Waals surface area contributed by atoms with Crippen LogP contribution < -0.4 is 11.1 Å². The molecular formula is C24H29N9O2. The van der Waals surface area contributed by atoms with Crippen LogP contribution in [-0.4, -0.2) is 73.0 Å². The Morgan fingerprint density at radius 2 is 1.89 bits per heavy atom. The van der Waals surface area contributed by atoms with Crippen molar-refractivity contribution < 1.29 is 9.21 Å². The van der Waals surface area contributed by atoms with E-state index in [0.29, 0.717) is 24.7 Å². The molecule has 0 spiro atoms. The lowest BCUT2D eigenvalue weighted by Gasteiger charge is -2.36. The topological polar surface area (TPSA) is 131 Å². The van der Waals surface area contributed by atoms with Crippen LogP contribution in [0.4, 0.5) is 11.9 Å². The molecule has 0 saturated carbocycles. The fourth-order valence-corrected chi connectivity index (χ4v) is 4.20. The standard InChI is InChI=1S/C24H29N9O2/c1-2-3-11-31-12-14-32(15-13-31)21(34)19(17-8-5-4-6-9-17)26-23-28-22(25)33-24(29-23)27-20(30-33)18-10-7-16-35-18/h4-10,16,19H,2-3,11-15H2,1H3,(H3,25,26,27,28,29,30)/t19-/m0/s1. The minimum Gasteiger partial charge on any atom is -0.461 e. The van der Waals surface area contributed by atoms with Gasteiger partial charge in [0.05, 0.1) is 6.26 Å². The van der Waals surface area contributed by atoms with Gasteiger partial charge >= 0.3 is 0 Å². The number of unbranched alkanes of at least 4 members (excludes halogenated alkanes) is 1. The smallest absolute Gasteiger partial charge is 0.259 e. The van der Waals surface area contributed by atoms with E-state index in [0.717, 1.165) is 25.2 Å². The van der Waals surface area contributed by atoms with Gasteiger partial charge in [-0.25, -0.2) is 0 Å². The van der Waals surface area contributed by atoms with Gasteiger partial charge < -0.3 is 20.4 Å². The normalized spacial score (nSPS) is 15.4. The number of carbonyl (C=O) groups excluding carboxylic acids is 1. The van der Waals surface area contributed by atoms with Crippen molar-refractivity contribution in [1.29, 1.82) is 0 Å². The SMILES string of the molecule is CCCCN1CCN(C(=O)[C@@H](Nc2nc(N)n3nc(-c4ccco4)nc3n2)c2ccccc2)CC1. The van der Waals surface area contributed by atoms with Crippen molar-refractivity contribution in [2.75, 3.05) is 43.8 Å². The van der Waals surface area contributed by atoms with Gasteiger partial charge in [-0.1, -0.05) is 43.7 Å². The quantitative estimate of drug-likeness (QED) is 0.394. The predicted molar refractivity (Wildman–Crippen MR) is 131 cm³/mol. The lowest BCUT2D eigenvalue weighted by atomic mass is 10.1. The molecule has 0 aliphatic carbocycles. The van der Waals surface area contributed by atoms with Crippen LogP contribution in [0.3, 0.4) is 0 Å². The van der Waals surface area contributed by atoms with E-state index in [1.807, 2.05) is 35.2 Å². The Bertz CT molecular complexity index is 1270. The van der Waals surface area contributed by atoms with E-state index in [4.69, 9.17) is 10.2 Å². The molecule has 5 rings (SSSR count). The van der Waals surface area contributed by atoms with Crippen molar-refractivity contribution in [2.24, 2.45) is 0 Å². The first kappa shape index (κ1) is 22.8. The van der Waals surface area contributed by atoms with Gasteiger partial charge in [0.15, 0.2) is 5.76 Å². The number of amides is 1. The first-order chi connectivity index (χ1) is 17.1. The molecule has 0 unspecified atom stereocenters. The number of hydrogen-bond acceptors (Lipinski definition) is 9. The first-order valence-corrected chi connectivity index (χ1v) is 11.9. The number of nitrogen functional groups attached to an aromatic ring is 1. The summed E-state index contributed by atoms with van der Waals surface area (Å²) in [5.74, 6) is 1.40.